The van der Waals surface area contributed by atoms with Crippen LogP contribution in [0.5, 0.6) is 0 Å². The molecule has 1 rings (SSSR count). The van der Waals surface area contributed by atoms with Crippen molar-refractivity contribution in [1.82, 2.24) is 4.90 Å². The van der Waals surface area contributed by atoms with Crippen LogP contribution < -0.4 is 5.73 Å². The van der Waals surface area contributed by atoms with Gasteiger partial charge in [-0.3, -0.25) is 4.79 Å². The minimum atomic E-state index is 0.355. The van der Waals surface area contributed by atoms with Crippen molar-refractivity contribution in [2.75, 3.05) is 13.1 Å². The van der Waals surface area contributed by atoms with E-state index in [1.165, 1.54) is 12.8 Å². The Morgan fingerprint density at radius 1 is 1.50 bits per heavy atom. The van der Waals surface area contributed by atoms with E-state index >= 15 is 0 Å². The molecule has 0 aromatic heterocycles. The number of nitrogens with zero attached hydrogens (tertiary/aromatic N) is 1. The van der Waals surface area contributed by atoms with Crippen molar-refractivity contribution in [2.45, 2.75) is 58.4 Å². The van der Waals surface area contributed by atoms with Gasteiger partial charge in [-0.05, 0) is 44.6 Å². The van der Waals surface area contributed by atoms with Crippen LogP contribution >= 0.6 is 0 Å². The van der Waals surface area contributed by atoms with Gasteiger partial charge in [0.1, 0.15) is 0 Å². The Morgan fingerprint density at radius 2 is 2.25 bits per heavy atom. The summed E-state index contributed by atoms with van der Waals surface area (Å²) >= 11 is 0. The van der Waals surface area contributed by atoms with Crippen molar-refractivity contribution in [2.24, 2.45) is 11.7 Å². The van der Waals surface area contributed by atoms with Crippen LogP contribution in [-0.4, -0.2) is 29.9 Å². The van der Waals surface area contributed by atoms with Gasteiger partial charge in [-0.15, -0.1) is 0 Å². The number of likely N-dealkylation sites (tertiary alicyclic amines) is 1. The topological polar surface area (TPSA) is 46.3 Å². The van der Waals surface area contributed by atoms with E-state index in [4.69, 9.17) is 5.73 Å². The quantitative estimate of drug-likeness (QED) is 0.754. The predicted octanol–water partition coefficient (Wildman–Crippen LogP) is 2.15. The molecule has 1 saturated heterocycles. The van der Waals surface area contributed by atoms with Crippen molar-refractivity contribution in [1.29, 1.82) is 0 Å². The zero-order chi connectivity index (χ0) is 12.0. The molecule has 0 aromatic carbocycles. The molecule has 1 heterocycles. The molecular formula is C13H26N2O. The molecule has 1 fully saturated rings. The van der Waals surface area contributed by atoms with Crippen molar-refractivity contribution in [3.05, 3.63) is 0 Å². The van der Waals surface area contributed by atoms with E-state index in [-0.39, 0.29) is 0 Å². The normalized spacial score (nSPS) is 22.4. The molecule has 2 N–H and O–H groups in total. The number of rotatable bonds is 6. The highest BCUT2D eigenvalue weighted by molar-refractivity contribution is 5.76. The standard InChI is InChI=1S/C13H26N2O/c1-3-12-5-4-10-15(12)13(16)7-6-11(2)8-9-14/h11-12H,3-10,14H2,1-2H3. The third kappa shape index (κ3) is 3.78. The summed E-state index contributed by atoms with van der Waals surface area (Å²) in [5.74, 6) is 0.935. The molecule has 0 aromatic rings. The Morgan fingerprint density at radius 3 is 2.88 bits per heavy atom. The second kappa shape index (κ2) is 6.89. The minimum absolute atomic E-state index is 0.355. The van der Waals surface area contributed by atoms with Crippen molar-refractivity contribution >= 4 is 5.91 Å². The lowest BCUT2D eigenvalue weighted by Gasteiger charge is -2.24. The van der Waals surface area contributed by atoms with E-state index < -0.39 is 0 Å². The zero-order valence-corrected chi connectivity index (χ0v) is 10.7. The Balaban J connectivity index is 2.29. The molecule has 2 unspecified atom stereocenters. The molecule has 0 saturated carbocycles. The van der Waals surface area contributed by atoms with E-state index in [1.54, 1.807) is 0 Å². The number of nitrogens with two attached hydrogens (primary N) is 1. The fourth-order valence-corrected chi connectivity index (χ4v) is 2.53. The summed E-state index contributed by atoms with van der Waals surface area (Å²) in [6.07, 6.45) is 6.21. The monoisotopic (exact) mass is 226 g/mol. The molecule has 1 amide bonds. The van der Waals surface area contributed by atoms with Crippen LogP contribution in [-0.2, 0) is 4.79 Å². The van der Waals surface area contributed by atoms with Crippen LogP contribution in [0.2, 0.25) is 0 Å². The number of carbonyl (C=O) groups excluding carboxylic acids is 1. The first-order chi connectivity index (χ1) is 7.69. The SMILES string of the molecule is CCC1CCCN1C(=O)CCC(C)CCN. The van der Waals surface area contributed by atoms with Crippen molar-refractivity contribution < 1.29 is 4.79 Å². The van der Waals surface area contributed by atoms with E-state index in [1.807, 2.05) is 0 Å². The average Bonchev–Trinajstić information content (AvgIpc) is 2.74. The molecule has 94 valence electrons. The Kier molecular flexibility index (Phi) is 5.81. The van der Waals surface area contributed by atoms with Gasteiger partial charge in [0.25, 0.3) is 0 Å². The maximum absolute atomic E-state index is 12.0. The van der Waals surface area contributed by atoms with Gasteiger partial charge >= 0.3 is 0 Å². The van der Waals surface area contributed by atoms with Gasteiger partial charge in [-0.25, -0.2) is 0 Å². The highest BCUT2D eigenvalue weighted by Gasteiger charge is 2.26. The first-order valence-corrected chi connectivity index (χ1v) is 6.68. The summed E-state index contributed by atoms with van der Waals surface area (Å²) in [6, 6.07) is 0.511. The third-order valence-electron chi connectivity index (χ3n) is 3.68. The molecule has 1 aliphatic heterocycles. The van der Waals surface area contributed by atoms with Crippen LogP contribution in [0.4, 0.5) is 0 Å². The molecule has 0 radical (unpaired) electrons. The second-order valence-corrected chi connectivity index (χ2v) is 5.01. The first kappa shape index (κ1) is 13.5. The molecular weight excluding hydrogens is 200 g/mol. The molecule has 2 atom stereocenters. The number of hydrogen-bond acceptors (Lipinski definition) is 2. The molecule has 0 spiro atoms. The average molecular weight is 226 g/mol. The van der Waals surface area contributed by atoms with E-state index in [0.717, 1.165) is 32.4 Å². The summed E-state index contributed by atoms with van der Waals surface area (Å²) in [7, 11) is 0. The molecule has 3 heteroatoms. The van der Waals surface area contributed by atoms with Crippen LogP contribution in [0.3, 0.4) is 0 Å². The van der Waals surface area contributed by atoms with Gasteiger partial charge in [0.15, 0.2) is 0 Å². The molecule has 3 nitrogen and oxygen atoms in total. The summed E-state index contributed by atoms with van der Waals surface area (Å²) in [5, 5.41) is 0. The van der Waals surface area contributed by atoms with Crippen molar-refractivity contribution in [3.63, 3.8) is 0 Å². The highest BCUT2D eigenvalue weighted by atomic mass is 16.2. The van der Waals surface area contributed by atoms with Crippen LogP contribution in [0.1, 0.15) is 52.4 Å². The van der Waals surface area contributed by atoms with Crippen LogP contribution in [0.15, 0.2) is 0 Å². The van der Waals surface area contributed by atoms with E-state index in [9.17, 15) is 4.79 Å². The fourth-order valence-electron chi connectivity index (χ4n) is 2.53. The second-order valence-electron chi connectivity index (χ2n) is 5.01. The minimum Gasteiger partial charge on any atom is -0.340 e. The Labute approximate surface area is 99.4 Å². The lowest BCUT2D eigenvalue weighted by Crippen LogP contribution is -2.35. The van der Waals surface area contributed by atoms with Crippen LogP contribution in [0, 0.1) is 5.92 Å². The fraction of sp³-hybridized carbons (Fsp3) is 0.923. The van der Waals surface area contributed by atoms with Gasteiger partial charge in [0, 0.05) is 19.0 Å². The lowest BCUT2D eigenvalue weighted by molar-refractivity contribution is -0.132. The Bertz CT molecular complexity index is 218. The molecule has 0 aliphatic carbocycles. The van der Waals surface area contributed by atoms with Gasteiger partial charge < -0.3 is 10.6 Å². The summed E-state index contributed by atoms with van der Waals surface area (Å²) in [5.41, 5.74) is 5.51. The summed E-state index contributed by atoms with van der Waals surface area (Å²) in [4.78, 5) is 14.1. The van der Waals surface area contributed by atoms with Gasteiger partial charge in [0.2, 0.25) is 5.91 Å². The van der Waals surface area contributed by atoms with Gasteiger partial charge in [-0.2, -0.15) is 0 Å². The lowest BCUT2D eigenvalue weighted by atomic mass is 10.0. The van der Waals surface area contributed by atoms with E-state index in [0.29, 0.717) is 24.3 Å². The van der Waals surface area contributed by atoms with Crippen molar-refractivity contribution in [3.8, 4) is 0 Å². The maximum atomic E-state index is 12.0. The zero-order valence-electron chi connectivity index (χ0n) is 10.7. The smallest absolute Gasteiger partial charge is 0.222 e. The molecule has 0 bridgehead atoms. The predicted molar refractivity (Wildman–Crippen MR) is 67.1 cm³/mol. The first-order valence-electron chi connectivity index (χ1n) is 6.68. The largest absolute Gasteiger partial charge is 0.340 e. The summed E-state index contributed by atoms with van der Waals surface area (Å²) < 4.78 is 0. The number of amides is 1. The number of carbonyl (C=O) groups is 1. The van der Waals surface area contributed by atoms with Gasteiger partial charge in [-0.1, -0.05) is 13.8 Å². The maximum Gasteiger partial charge on any atom is 0.222 e. The van der Waals surface area contributed by atoms with E-state index in [2.05, 4.69) is 18.7 Å². The molecule has 16 heavy (non-hydrogen) atoms. The Hall–Kier alpha value is -0.570. The summed E-state index contributed by atoms with van der Waals surface area (Å²) in [6.45, 7) is 6.06. The third-order valence-corrected chi connectivity index (χ3v) is 3.68. The molecule has 1 aliphatic rings. The highest BCUT2D eigenvalue weighted by Crippen LogP contribution is 2.22. The van der Waals surface area contributed by atoms with Crippen LogP contribution in [0.25, 0.3) is 0 Å². The number of hydrogen-bond donors (Lipinski definition) is 1. The van der Waals surface area contributed by atoms with Gasteiger partial charge in [0.05, 0.1) is 0 Å².